The number of halogens is 2. The molecule has 0 aliphatic rings. The number of nitrogens with one attached hydrogen (secondary N) is 1. The van der Waals surface area contributed by atoms with Crippen molar-refractivity contribution in [1.82, 2.24) is 0 Å². The summed E-state index contributed by atoms with van der Waals surface area (Å²) in [6.45, 7) is 1.94. The summed E-state index contributed by atoms with van der Waals surface area (Å²) in [5, 5.41) is 4.22. The molecule has 0 aliphatic carbocycles. The number of hydrogen-bond acceptors (Lipinski definition) is 3. The summed E-state index contributed by atoms with van der Waals surface area (Å²) < 4.78 is 23.1. The second-order valence-corrected chi connectivity index (χ2v) is 7.61. The number of hydrogen-bond donors (Lipinski definition) is 1. The van der Waals surface area contributed by atoms with Gasteiger partial charge < -0.3 is 5.32 Å². The van der Waals surface area contributed by atoms with Gasteiger partial charge in [-0.2, -0.15) is 0 Å². The van der Waals surface area contributed by atoms with E-state index in [4.69, 9.17) is 23.2 Å². The van der Waals surface area contributed by atoms with Crippen molar-refractivity contribution >= 4 is 38.7 Å². The lowest BCUT2D eigenvalue weighted by Crippen LogP contribution is -2.08. The van der Waals surface area contributed by atoms with Crippen molar-refractivity contribution in [2.75, 3.05) is 11.6 Å². The maximum absolute atomic E-state index is 11.6. The first-order valence-corrected chi connectivity index (χ1v) is 8.94. The predicted molar refractivity (Wildman–Crippen MR) is 88.1 cm³/mol. The third-order valence-corrected chi connectivity index (χ3v) is 5.04. The van der Waals surface area contributed by atoms with Gasteiger partial charge in [-0.05, 0) is 36.8 Å². The van der Waals surface area contributed by atoms with E-state index in [9.17, 15) is 8.42 Å². The van der Waals surface area contributed by atoms with Crippen LogP contribution in [0.1, 0.15) is 18.5 Å². The molecule has 0 fully saturated rings. The summed E-state index contributed by atoms with van der Waals surface area (Å²) in [4.78, 5) is 0.275. The van der Waals surface area contributed by atoms with Crippen LogP contribution in [0.3, 0.4) is 0 Å². The summed E-state index contributed by atoms with van der Waals surface area (Å²) in [7, 11) is -3.23. The Balaban J connectivity index is 2.28. The first kappa shape index (κ1) is 16.1. The molecule has 1 atom stereocenters. The van der Waals surface area contributed by atoms with Crippen LogP contribution in [0.5, 0.6) is 0 Å². The van der Waals surface area contributed by atoms with Gasteiger partial charge in [-0.1, -0.05) is 41.4 Å². The highest BCUT2D eigenvalue weighted by molar-refractivity contribution is 7.90. The van der Waals surface area contributed by atoms with Crippen molar-refractivity contribution in [3.63, 3.8) is 0 Å². The molecule has 2 aromatic rings. The molecule has 6 heteroatoms. The molecular formula is C15H15Cl2NO2S. The number of rotatable bonds is 4. The number of benzene rings is 2. The van der Waals surface area contributed by atoms with Gasteiger partial charge >= 0.3 is 0 Å². The molecule has 0 heterocycles. The molecule has 0 saturated heterocycles. The first-order chi connectivity index (χ1) is 9.79. The van der Waals surface area contributed by atoms with Crippen LogP contribution in [-0.2, 0) is 9.84 Å². The van der Waals surface area contributed by atoms with Crippen molar-refractivity contribution in [2.24, 2.45) is 0 Å². The van der Waals surface area contributed by atoms with E-state index in [1.54, 1.807) is 24.3 Å². The largest absolute Gasteiger partial charge is 0.378 e. The summed E-state index contributed by atoms with van der Waals surface area (Å²) in [5.41, 5.74) is 1.57. The Labute approximate surface area is 134 Å². The van der Waals surface area contributed by atoms with E-state index in [-0.39, 0.29) is 10.9 Å². The van der Waals surface area contributed by atoms with E-state index < -0.39 is 9.84 Å². The molecule has 0 aromatic heterocycles. The third-order valence-electron chi connectivity index (χ3n) is 3.09. The minimum absolute atomic E-state index is 0.106. The predicted octanol–water partition coefficient (Wildman–Crippen LogP) is 4.57. The molecule has 0 bridgehead atoms. The van der Waals surface area contributed by atoms with Gasteiger partial charge in [-0.3, -0.25) is 0 Å². The summed E-state index contributed by atoms with van der Waals surface area (Å²) in [5.74, 6) is 0. The maximum atomic E-state index is 11.6. The Hall–Kier alpha value is -1.23. The van der Waals surface area contributed by atoms with Gasteiger partial charge in [-0.15, -0.1) is 0 Å². The summed E-state index contributed by atoms with van der Waals surface area (Å²) in [6.07, 6.45) is 1.18. The second kappa shape index (κ2) is 6.26. The Morgan fingerprint density at radius 2 is 1.76 bits per heavy atom. The van der Waals surface area contributed by atoms with Crippen molar-refractivity contribution in [2.45, 2.75) is 17.9 Å². The zero-order valence-corrected chi connectivity index (χ0v) is 13.9. The molecule has 1 N–H and O–H groups in total. The quantitative estimate of drug-likeness (QED) is 0.884. The van der Waals surface area contributed by atoms with Gasteiger partial charge in [0, 0.05) is 11.9 Å². The van der Waals surface area contributed by atoms with Crippen LogP contribution in [0, 0.1) is 0 Å². The zero-order chi connectivity index (χ0) is 15.6. The normalized spacial score (nSPS) is 13.0. The van der Waals surface area contributed by atoms with Gasteiger partial charge in [0.1, 0.15) is 0 Å². The van der Waals surface area contributed by atoms with Crippen LogP contribution in [0.15, 0.2) is 47.4 Å². The minimum atomic E-state index is -3.23. The van der Waals surface area contributed by atoms with Gasteiger partial charge in [0.2, 0.25) is 0 Å². The smallest absolute Gasteiger partial charge is 0.175 e. The molecule has 0 spiro atoms. The summed E-state index contributed by atoms with van der Waals surface area (Å²) in [6, 6.07) is 12.0. The van der Waals surface area contributed by atoms with E-state index in [2.05, 4.69) is 5.32 Å². The highest BCUT2D eigenvalue weighted by Crippen LogP contribution is 2.31. The van der Waals surface area contributed by atoms with E-state index in [0.717, 1.165) is 5.56 Å². The van der Waals surface area contributed by atoms with Gasteiger partial charge in [-0.25, -0.2) is 8.42 Å². The lowest BCUT2D eigenvalue weighted by atomic mass is 10.1. The molecular weight excluding hydrogens is 329 g/mol. The van der Waals surface area contributed by atoms with E-state index in [0.29, 0.717) is 15.7 Å². The zero-order valence-electron chi connectivity index (χ0n) is 11.6. The van der Waals surface area contributed by atoms with Gasteiger partial charge in [0.05, 0.1) is 21.0 Å². The molecule has 0 aliphatic heterocycles. The van der Waals surface area contributed by atoms with Gasteiger partial charge in [0.25, 0.3) is 0 Å². The molecule has 0 saturated carbocycles. The van der Waals surface area contributed by atoms with Crippen molar-refractivity contribution in [3.05, 3.63) is 58.1 Å². The fourth-order valence-corrected chi connectivity index (χ4v) is 3.14. The standard InChI is InChI=1S/C15H15Cl2NO2S/c1-10(13-7-4-8-14(16)15(13)17)18-11-5-3-6-12(9-11)21(2,19)20/h3-10,18H,1-2H3. The number of sulfone groups is 1. The van der Waals surface area contributed by atoms with Crippen molar-refractivity contribution in [1.29, 1.82) is 0 Å². The van der Waals surface area contributed by atoms with Crippen LogP contribution in [-0.4, -0.2) is 14.7 Å². The molecule has 0 amide bonds. The topological polar surface area (TPSA) is 46.2 Å². The molecule has 2 aromatic carbocycles. The van der Waals surface area contributed by atoms with E-state index in [1.807, 2.05) is 25.1 Å². The lowest BCUT2D eigenvalue weighted by molar-refractivity contribution is 0.602. The fourth-order valence-electron chi connectivity index (χ4n) is 2.00. The van der Waals surface area contributed by atoms with Crippen LogP contribution in [0.25, 0.3) is 0 Å². The average molecular weight is 344 g/mol. The maximum Gasteiger partial charge on any atom is 0.175 e. The highest BCUT2D eigenvalue weighted by atomic mass is 35.5. The van der Waals surface area contributed by atoms with E-state index >= 15 is 0 Å². The van der Waals surface area contributed by atoms with Crippen LogP contribution >= 0.6 is 23.2 Å². The molecule has 3 nitrogen and oxygen atoms in total. The highest BCUT2D eigenvalue weighted by Gasteiger charge is 2.13. The fraction of sp³-hybridized carbons (Fsp3) is 0.200. The number of anilines is 1. The van der Waals surface area contributed by atoms with Crippen molar-refractivity contribution in [3.8, 4) is 0 Å². The molecule has 1 unspecified atom stereocenters. The first-order valence-electron chi connectivity index (χ1n) is 6.29. The Morgan fingerprint density at radius 3 is 2.43 bits per heavy atom. The third kappa shape index (κ3) is 3.90. The molecule has 112 valence electrons. The monoisotopic (exact) mass is 343 g/mol. The SMILES string of the molecule is CC(Nc1cccc(S(C)(=O)=O)c1)c1cccc(Cl)c1Cl. The van der Waals surface area contributed by atoms with Crippen LogP contribution < -0.4 is 5.32 Å². The minimum Gasteiger partial charge on any atom is -0.378 e. The Kier molecular flexibility index (Phi) is 4.81. The van der Waals surface area contributed by atoms with Gasteiger partial charge in [0.15, 0.2) is 9.84 Å². The molecule has 2 rings (SSSR count). The van der Waals surface area contributed by atoms with Crippen LogP contribution in [0.2, 0.25) is 10.0 Å². The molecule has 0 radical (unpaired) electrons. The lowest BCUT2D eigenvalue weighted by Gasteiger charge is -2.18. The summed E-state index contributed by atoms with van der Waals surface area (Å²) >= 11 is 12.2. The van der Waals surface area contributed by atoms with Crippen LogP contribution in [0.4, 0.5) is 5.69 Å². The average Bonchev–Trinajstić information content (AvgIpc) is 2.41. The second-order valence-electron chi connectivity index (χ2n) is 4.81. The Morgan fingerprint density at radius 1 is 1.10 bits per heavy atom. The molecule has 21 heavy (non-hydrogen) atoms. The van der Waals surface area contributed by atoms with E-state index in [1.165, 1.54) is 6.26 Å². The van der Waals surface area contributed by atoms with Crippen molar-refractivity contribution < 1.29 is 8.42 Å². The Bertz CT molecular complexity index is 760.